The van der Waals surface area contributed by atoms with Crippen molar-refractivity contribution in [3.05, 3.63) is 0 Å². The zero-order valence-electron chi connectivity index (χ0n) is 8.62. The Morgan fingerprint density at radius 3 is 2.43 bits per heavy atom. The lowest BCUT2D eigenvalue weighted by Crippen LogP contribution is -2.18. The Labute approximate surface area is 93.0 Å². The van der Waals surface area contributed by atoms with Gasteiger partial charge in [0.2, 0.25) is 0 Å². The third kappa shape index (κ3) is 9.95. The summed E-state index contributed by atoms with van der Waals surface area (Å²) in [4.78, 5) is 10.9. The topological polar surface area (TPSA) is 44.8 Å². The second kappa shape index (κ2) is 9.43. The summed E-state index contributed by atoms with van der Waals surface area (Å²) in [6.07, 6.45) is -0.0873. The second-order valence-electron chi connectivity index (χ2n) is 2.89. The van der Waals surface area contributed by atoms with Crippen LogP contribution in [0.4, 0.5) is 0 Å². The minimum atomic E-state index is -0.333. The highest BCUT2D eigenvalue weighted by molar-refractivity contribution is 9.09. The van der Waals surface area contributed by atoms with E-state index in [1.165, 1.54) is 0 Å². The molecule has 84 valence electrons. The lowest BCUT2D eigenvalue weighted by molar-refractivity contribution is -0.153. The molecule has 4 nitrogen and oxygen atoms in total. The summed E-state index contributed by atoms with van der Waals surface area (Å²) in [6.45, 7) is 5.17. The molecule has 0 aromatic rings. The van der Waals surface area contributed by atoms with Crippen LogP contribution in [0, 0.1) is 0 Å². The van der Waals surface area contributed by atoms with Crippen molar-refractivity contribution in [1.82, 2.24) is 0 Å². The van der Waals surface area contributed by atoms with Crippen LogP contribution in [0.15, 0.2) is 0 Å². The van der Waals surface area contributed by atoms with Gasteiger partial charge in [0, 0.05) is 5.33 Å². The largest absolute Gasteiger partial charge is 0.461 e. The van der Waals surface area contributed by atoms with Gasteiger partial charge in [-0.3, -0.25) is 0 Å². The number of carbonyl (C=O) groups excluding carboxylic acids is 1. The zero-order valence-corrected chi connectivity index (χ0v) is 10.2. The van der Waals surface area contributed by atoms with Crippen LogP contribution in [0.3, 0.4) is 0 Å². The summed E-state index contributed by atoms with van der Waals surface area (Å²) >= 11 is 3.23. The number of esters is 1. The Kier molecular flexibility index (Phi) is 9.34. The molecule has 0 bridgehead atoms. The number of halogens is 1. The quantitative estimate of drug-likeness (QED) is 0.379. The molecule has 0 spiro atoms. The van der Waals surface area contributed by atoms with Crippen molar-refractivity contribution < 1.29 is 19.0 Å². The molecule has 0 rings (SSSR count). The van der Waals surface area contributed by atoms with Gasteiger partial charge in [-0.2, -0.15) is 0 Å². The van der Waals surface area contributed by atoms with Crippen LogP contribution in [0.1, 0.15) is 13.8 Å². The maximum atomic E-state index is 10.9. The van der Waals surface area contributed by atoms with E-state index in [-0.39, 0.29) is 18.7 Å². The first-order valence-electron chi connectivity index (χ1n) is 4.57. The standard InChI is InChI=1S/C9H17BrO4/c1-8(2)14-9(11)7-13-6-5-12-4-3-10/h8H,3-7H2,1-2H3. The molecule has 0 N–H and O–H groups in total. The molecule has 0 aliphatic carbocycles. The number of rotatable bonds is 8. The van der Waals surface area contributed by atoms with Gasteiger partial charge in [-0.25, -0.2) is 4.79 Å². The minimum absolute atomic E-state index is 0.00411. The van der Waals surface area contributed by atoms with Crippen LogP contribution in [0.25, 0.3) is 0 Å². The molecular weight excluding hydrogens is 252 g/mol. The van der Waals surface area contributed by atoms with Gasteiger partial charge in [0.05, 0.1) is 25.9 Å². The Morgan fingerprint density at radius 1 is 1.21 bits per heavy atom. The highest BCUT2D eigenvalue weighted by Crippen LogP contribution is 1.90. The number of hydrogen-bond donors (Lipinski definition) is 0. The third-order valence-electron chi connectivity index (χ3n) is 1.18. The smallest absolute Gasteiger partial charge is 0.332 e. The van der Waals surface area contributed by atoms with E-state index < -0.39 is 0 Å². The van der Waals surface area contributed by atoms with E-state index in [0.717, 1.165) is 5.33 Å². The molecule has 0 atom stereocenters. The number of ether oxygens (including phenoxy) is 3. The molecular formula is C9H17BrO4. The highest BCUT2D eigenvalue weighted by Gasteiger charge is 2.04. The van der Waals surface area contributed by atoms with Crippen molar-refractivity contribution in [3.63, 3.8) is 0 Å². The van der Waals surface area contributed by atoms with Gasteiger partial charge in [-0.05, 0) is 13.8 Å². The molecule has 5 heteroatoms. The molecule has 0 radical (unpaired) electrons. The maximum absolute atomic E-state index is 10.9. The fourth-order valence-corrected chi connectivity index (χ4v) is 0.956. The van der Waals surface area contributed by atoms with E-state index in [2.05, 4.69) is 15.9 Å². The molecule has 14 heavy (non-hydrogen) atoms. The molecule has 0 heterocycles. The Hall–Kier alpha value is -0.130. The van der Waals surface area contributed by atoms with E-state index in [1.807, 2.05) is 0 Å². The van der Waals surface area contributed by atoms with Gasteiger partial charge in [-0.15, -0.1) is 0 Å². The van der Waals surface area contributed by atoms with E-state index in [1.54, 1.807) is 13.8 Å². The third-order valence-corrected chi connectivity index (χ3v) is 1.50. The molecule has 0 fully saturated rings. The number of alkyl halides is 1. The van der Waals surface area contributed by atoms with Crippen molar-refractivity contribution in [2.45, 2.75) is 20.0 Å². The zero-order chi connectivity index (χ0) is 10.8. The van der Waals surface area contributed by atoms with Gasteiger partial charge in [0.1, 0.15) is 6.61 Å². The van der Waals surface area contributed by atoms with E-state index in [4.69, 9.17) is 14.2 Å². The molecule has 0 aromatic carbocycles. The Balaban J connectivity index is 3.15. The van der Waals surface area contributed by atoms with E-state index in [0.29, 0.717) is 19.8 Å². The Bertz CT molecular complexity index is 150. The van der Waals surface area contributed by atoms with E-state index in [9.17, 15) is 4.79 Å². The molecule has 0 amide bonds. The SMILES string of the molecule is CC(C)OC(=O)COCCOCCBr. The summed E-state index contributed by atoms with van der Waals surface area (Å²) < 4.78 is 15.0. The predicted octanol–water partition coefficient (Wildman–Crippen LogP) is 1.37. The van der Waals surface area contributed by atoms with Crippen molar-refractivity contribution in [1.29, 1.82) is 0 Å². The van der Waals surface area contributed by atoms with Crippen LogP contribution in [-0.4, -0.2) is 43.8 Å². The monoisotopic (exact) mass is 268 g/mol. The average Bonchev–Trinajstić information content (AvgIpc) is 2.10. The summed E-state index contributed by atoms with van der Waals surface area (Å²) in [6, 6.07) is 0. The van der Waals surface area contributed by atoms with Crippen molar-refractivity contribution in [3.8, 4) is 0 Å². The van der Waals surface area contributed by atoms with Crippen molar-refractivity contribution in [2.24, 2.45) is 0 Å². The number of hydrogen-bond acceptors (Lipinski definition) is 4. The van der Waals surface area contributed by atoms with Gasteiger partial charge in [0.25, 0.3) is 0 Å². The fourth-order valence-electron chi connectivity index (χ4n) is 0.727. The molecule has 0 unspecified atom stereocenters. The summed E-state index contributed by atoms with van der Waals surface area (Å²) in [5.74, 6) is -0.333. The number of carbonyl (C=O) groups is 1. The lowest BCUT2D eigenvalue weighted by Gasteiger charge is -2.08. The predicted molar refractivity (Wildman–Crippen MR) is 56.7 cm³/mol. The minimum Gasteiger partial charge on any atom is -0.461 e. The second-order valence-corrected chi connectivity index (χ2v) is 3.69. The average molecular weight is 269 g/mol. The molecule has 0 aromatic heterocycles. The Morgan fingerprint density at radius 2 is 1.86 bits per heavy atom. The van der Waals surface area contributed by atoms with Crippen molar-refractivity contribution in [2.75, 3.05) is 31.8 Å². The molecule has 0 saturated carbocycles. The van der Waals surface area contributed by atoms with Gasteiger partial charge in [-0.1, -0.05) is 15.9 Å². The summed E-state index contributed by atoms with van der Waals surface area (Å²) in [7, 11) is 0. The van der Waals surface area contributed by atoms with Crippen LogP contribution in [0.5, 0.6) is 0 Å². The molecule has 0 saturated heterocycles. The first-order valence-corrected chi connectivity index (χ1v) is 5.70. The van der Waals surface area contributed by atoms with Crippen LogP contribution in [0.2, 0.25) is 0 Å². The molecule has 0 aliphatic heterocycles. The first kappa shape index (κ1) is 13.9. The maximum Gasteiger partial charge on any atom is 0.332 e. The molecule has 0 aliphatic rings. The van der Waals surface area contributed by atoms with Gasteiger partial charge in [0.15, 0.2) is 0 Å². The normalized spacial score (nSPS) is 10.6. The summed E-state index contributed by atoms with van der Waals surface area (Å²) in [5, 5.41) is 0.808. The van der Waals surface area contributed by atoms with Gasteiger partial charge >= 0.3 is 5.97 Å². The van der Waals surface area contributed by atoms with Crippen molar-refractivity contribution >= 4 is 21.9 Å². The lowest BCUT2D eigenvalue weighted by atomic mass is 10.5. The van der Waals surface area contributed by atoms with Crippen LogP contribution in [-0.2, 0) is 19.0 Å². The first-order chi connectivity index (χ1) is 6.66. The summed E-state index contributed by atoms with van der Waals surface area (Å²) in [5.41, 5.74) is 0. The van der Waals surface area contributed by atoms with E-state index >= 15 is 0 Å². The van der Waals surface area contributed by atoms with Gasteiger partial charge < -0.3 is 14.2 Å². The fraction of sp³-hybridized carbons (Fsp3) is 0.889. The van der Waals surface area contributed by atoms with Crippen LogP contribution < -0.4 is 0 Å². The van der Waals surface area contributed by atoms with Crippen LogP contribution >= 0.6 is 15.9 Å². The highest BCUT2D eigenvalue weighted by atomic mass is 79.9.